The zero-order chi connectivity index (χ0) is 14.0. The van der Waals surface area contributed by atoms with Crippen LogP contribution in [0.15, 0.2) is 18.3 Å². The third-order valence-electron chi connectivity index (χ3n) is 3.65. The monoisotopic (exact) mass is 262 g/mol. The number of amides is 1. The number of carboxylic acids is 1. The molecule has 102 valence electrons. The van der Waals surface area contributed by atoms with E-state index in [1.54, 1.807) is 13.2 Å². The predicted octanol–water partition coefficient (Wildman–Crippen LogP) is 1.77. The summed E-state index contributed by atoms with van der Waals surface area (Å²) < 4.78 is 0. The highest BCUT2D eigenvalue weighted by Crippen LogP contribution is 2.33. The molecule has 1 saturated heterocycles. The number of rotatable bonds is 2. The Balaban J connectivity index is 2.41. The second kappa shape index (κ2) is 5.38. The minimum Gasteiger partial charge on any atom is -0.481 e. The van der Waals surface area contributed by atoms with E-state index in [-0.39, 0.29) is 5.91 Å². The van der Waals surface area contributed by atoms with Crippen LogP contribution >= 0.6 is 0 Å². The SMILES string of the molecule is Cc1ccc(C2C(C(=O)O)CCCC(=O)N2C)nc1. The van der Waals surface area contributed by atoms with Gasteiger partial charge >= 0.3 is 5.97 Å². The molecule has 0 aliphatic carbocycles. The summed E-state index contributed by atoms with van der Waals surface area (Å²) in [5.41, 5.74) is 1.66. The fourth-order valence-corrected chi connectivity index (χ4v) is 2.55. The maximum absolute atomic E-state index is 11.9. The molecule has 1 amide bonds. The van der Waals surface area contributed by atoms with E-state index in [9.17, 15) is 14.7 Å². The molecule has 19 heavy (non-hydrogen) atoms. The van der Waals surface area contributed by atoms with Gasteiger partial charge in [-0.15, -0.1) is 0 Å². The molecular formula is C14H18N2O3. The van der Waals surface area contributed by atoms with Crippen LogP contribution in [0.25, 0.3) is 0 Å². The second-order valence-corrected chi connectivity index (χ2v) is 5.05. The Morgan fingerprint density at radius 1 is 1.47 bits per heavy atom. The normalized spacial score (nSPS) is 24.1. The van der Waals surface area contributed by atoms with E-state index >= 15 is 0 Å². The molecule has 1 aliphatic rings. The van der Waals surface area contributed by atoms with Gasteiger partial charge in [-0.2, -0.15) is 0 Å². The number of hydrogen-bond donors (Lipinski definition) is 1. The summed E-state index contributed by atoms with van der Waals surface area (Å²) in [7, 11) is 1.66. The number of carboxylic acid groups (broad SMARTS) is 1. The van der Waals surface area contributed by atoms with Crippen LogP contribution in [0, 0.1) is 12.8 Å². The average molecular weight is 262 g/mol. The molecule has 5 nitrogen and oxygen atoms in total. The fourth-order valence-electron chi connectivity index (χ4n) is 2.55. The van der Waals surface area contributed by atoms with Crippen molar-refractivity contribution in [3.05, 3.63) is 29.6 Å². The first-order valence-electron chi connectivity index (χ1n) is 6.41. The maximum atomic E-state index is 11.9. The molecule has 1 fully saturated rings. The zero-order valence-electron chi connectivity index (χ0n) is 11.2. The first kappa shape index (κ1) is 13.5. The standard InChI is InChI=1S/C14H18N2O3/c1-9-6-7-11(15-8-9)13-10(14(18)19)4-3-5-12(17)16(13)2/h6-8,10,13H,3-5H2,1-2H3,(H,18,19). The molecule has 1 N–H and O–H groups in total. The number of aromatic nitrogens is 1. The number of pyridine rings is 1. The number of carbonyl (C=O) groups is 2. The number of carbonyl (C=O) groups excluding carboxylic acids is 1. The Bertz CT molecular complexity index is 484. The van der Waals surface area contributed by atoms with Gasteiger partial charge in [0.05, 0.1) is 17.7 Å². The molecule has 2 rings (SSSR count). The van der Waals surface area contributed by atoms with Gasteiger partial charge in [0.15, 0.2) is 0 Å². The lowest BCUT2D eigenvalue weighted by Gasteiger charge is -2.29. The van der Waals surface area contributed by atoms with Crippen LogP contribution in [0.2, 0.25) is 0 Å². The van der Waals surface area contributed by atoms with Crippen molar-refractivity contribution in [1.82, 2.24) is 9.88 Å². The summed E-state index contributed by atoms with van der Waals surface area (Å²) in [6.45, 7) is 1.92. The summed E-state index contributed by atoms with van der Waals surface area (Å²) in [6.07, 6.45) is 3.23. The van der Waals surface area contributed by atoms with Crippen LogP contribution in [0.1, 0.15) is 36.6 Å². The van der Waals surface area contributed by atoms with Crippen LogP contribution in [0.5, 0.6) is 0 Å². The molecule has 0 aromatic carbocycles. The lowest BCUT2D eigenvalue weighted by molar-refractivity contribution is -0.145. The highest BCUT2D eigenvalue weighted by Gasteiger charge is 2.37. The van der Waals surface area contributed by atoms with Crippen molar-refractivity contribution in [2.45, 2.75) is 32.2 Å². The molecular weight excluding hydrogens is 244 g/mol. The number of aryl methyl sites for hydroxylation is 1. The third kappa shape index (κ3) is 2.75. The van der Waals surface area contributed by atoms with E-state index in [1.165, 1.54) is 4.90 Å². The molecule has 5 heteroatoms. The van der Waals surface area contributed by atoms with Gasteiger partial charge in [0.2, 0.25) is 5.91 Å². The van der Waals surface area contributed by atoms with E-state index < -0.39 is 17.9 Å². The van der Waals surface area contributed by atoms with E-state index in [0.717, 1.165) is 5.56 Å². The first-order valence-corrected chi connectivity index (χ1v) is 6.41. The molecule has 1 aromatic rings. The van der Waals surface area contributed by atoms with Crippen molar-refractivity contribution in [2.75, 3.05) is 7.05 Å². The third-order valence-corrected chi connectivity index (χ3v) is 3.65. The number of aliphatic carboxylic acids is 1. The Labute approximate surface area is 112 Å². The molecule has 0 radical (unpaired) electrons. The Morgan fingerprint density at radius 2 is 2.21 bits per heavy atom. The van der Waals surface area contributed by atoms with Gasteiger partial charge in [0, 0.05) is 19.7 Å². The van der Waals surface area contributed by atoms with Crippen molar-refractivity contribution in [2.24, 2.45) is 5.92 Å². The van der Waals surface area contributed by atoms with Crippen molar-refractivity contribution < 1.29 is 14.7 Å². The van der Waals surface area contributed by atoms with E-state index in [0.29, 0.717) is 25.0 Å². The van der Waals surface area contributed by atoms with Gasteiger partial charge in [0.25, 0.3) is 0 Å². The number of hydrogen-bond acceptors (Lipinski definition) is 3. The number of nitrogens with zero attached hydrogens (tertiary/aromatic N) is 2. The summed E-state index contributed by atoms with van der Waals surface area (Å²) in [4.78, 5) is 29.2. The van der Waals surface area contributed by atoms with Gasteiger partial charge < -0.3 is 10.0 Å². The van der Waals surface area contributed by atoms with Crippen LogP contribution in [0.4, 0.5) is 0 Å². The molecule has 1 aromatic heterocycles. The Morgan fingerprint density at radius 3 is 2.79 bits per heavy atom. The minimum absolute atomic E-state index is 0.0175. The van der Waals surface area contributed by atoms with Crippen molar-refractivity contribution in [3.63, 3.8) is 0 Å². The van der Waals surface area contributed by atoms with Gasteiger partial charge in [0.1, 0.15) is 0 Å². The smallest absolute Gasteiger partial charge is 0.309 e. The quantitative estimate of drug-likeness (QED) is 0.881. The predicted molar refractivity (Wildman–Crippen MR) is 69.5 cm³/mol. The highest BCUT2D eigenvalue weighted by molar-refractivity contribution is 5.79. The largest absolute Gasteiger partial charge is 0.481 e. The summed E-state index contributed by atoms with van der Waals surface area (Å²) in [5, 5.41) is 9.39. The first-order chi connectivity index (χ1) is 9.00. The molecule has 0 saturated carbocycles. The van der Waals surface area contributed by atoms with Gasteiger partial charge in [-0.3, -0.25) is 14.6 Å². The maximum Gasteiger partial charge on any atom is 0.309 e. The Hall–Kier alpha value is -1.91. The average Bonchev–Trinajstić information content (AvgIpc) is 2.51. The summed E-state index contributed by atoms with van der Waals surface area (Å²) in [6, 6.07) is 3.23. The fraction of sp³-hybridized carbons (Fsp3) is 0.500. The zero-order valence-corrected chi connectivity index (χ0v) is 11.2. The molecule has 2 atom stereocenters. The molecule has 0 bridgehead atoms. The van der Waals surface area contributed by atoms with Crippen molar-refractivity contribution in [1.29, 1.82) is 0 Å². The van der Waals surface area contributed by atoms with E-state index in [1.807, 2.05) is 19.1 Å². The molecule has 2 unspecified atom stereocenters. The number of likely N-dealkylation sites (tertiary alicyclic amines) is 1. The molecule has 1 aliphatic heterocycles. The summed E-state index contributed by atoms with van der Waals surface area (Å²) in [5.74, 6) is -1.48. The van der Waals surface area contributed by atoms with Crippen molar-refractivity contribution in [3.8, 4) is 0 Å². The topological polar surface area (TPSA) is 70.5 Å². The van der Waals surface area contributed by atoms with Crippen LogP contribution in [0.3, 0.4) is 0 Å². The van der Waals surface area contributed by atoms with Gasteiger partial charge in [-0.25, -0.2) is 0 Å². The minimum atomic E-state index is -0.867. The van der Waals surface area contributed by atoms with Crippen LogP contribution < -0.4 is 0 Å². The van der Waals surface area contributed by atoms with Gasteiger partial charge in [-0.1, -0.05) is 6.07 Å². The Kier molecular flexibility index (Phi) is 3.83. The van der Waals surface area contributed by atoms with Gasteiger partial charge in [-0.05, 0) is 31.4 Å². The van der Waals surface area contributed by atoms with Crippen LogP contribution in [-0.4, -0.2) is 33.9 Å². The molecule has 2 heterocycles. The lowest BCUT2D eigenvalue weighted by atomic mass is 9.92. The van der Waals surface area contributed by atoms with Crippen molar-refractivity contribution >= 4 is 11.9 Å². The second-order valence-electron chi connectivity index (χ2n) is 5.05. The van der Waals surface area contributed by atoms with Crippen LogP contribution in [-0.2, 0) is 9.59 Å². The highest BCUT2D eigenvalue weighted by atomic mass is 16.4. The molecule has 0 spiro atoms. The van der Waals surface area contributed by atoms with E-state index in [4.69, 9.17) is 0 Å². The lowest BCUT2D eigenvalue weighted by Crippen LogP contribution is -2.36. The summed E-state index contributed by atoms with van der Waals surface area (Å²) >= 11 is 0. The van der Waals surface area contributed by atoms with E-state index in [2.05, 4.69) is 4.98 Å².